The van der Waals surface area contributed by atoms with Gasteiger partial charge in [-0.15, -0.1) is 0 Å². The fraction of sp³-hybridized carbons (Fsp3) is 0.600. The first-order chi connectivity index (χ1) is 8.97. The van der Waals surface area contributed by atoms with E-state index in [0.29, 0.717) is 23.3 Å². The second-order valence-corrected chi connectivity index (χ2v) is 8.13. The molecule has 0 radical (unpaired) electrons. The summed E-state index contributed by atoms with van der Waals surface area (Å²) in [4.78, 5) is 0.543. The minimum absolute atomic E-state index is 0.213. The van der Waals surface area contributed by atoms with Crippen LogP contribution in [0.2, 0.25) is 0 Å². The zero-order valence-corrected chi connectivity index (χ0v) is 12.3. The number of rotatable bonds is 3. The van der Waals surface area contributed by atoms with Gasteiger partial charge in [-0.05, 0) is 42.4 Å². The maximum absolute atomic E-state index is 12.2. The Balaban J connectivity index is 2.04. The van der Waals surface area contributed by atoms with Gasteiger partial charge in [0.15, 0.2) is 9.84 Å². The second-order valence-electron chi connectivity index (χ2n) is 6.05. The van der Waals surface area contributed by atoms with Crippen LogP contribution in [-0.4, -0.2) is 20.2 Å². The average Bonchev–Trinajstić information content (AvgIpc) is 3.16. The molecule has 19 heavy (non-hydrogen) atoms. The summed E-state index contributed by atoms with van der Waals surface area (Å²) in [6.07, 6.45) is 3.15. The van der Waals surface area contributed by atoms with E-state index in [9.17, 15) is 8.42 Å². The SMILES string of the molecule is CC(C)c1ccc2c(c1)C(NC1CC1)CCS2(=O)=O. The van der Waals surface area contributed by atoms with E-state index in [1.54, 1.807) is 6.07 Å². The van der Waals surface area contributed by atoms with Gasteiger partial charge in [-0.3, -0.25) is 0 Å². The van der Waals surface area contributed by atoms with Gasteiger partial charge < -0.3 is 5.32 Å². The molecule has 3 rings (SSSR count). The Bertz CT molecular complexity index is 588. The third-order valence-electron chi connectivity index (χ3n) is 4.10. The molecule has 0 amide bonds. The van der Waals surface area contributed by atoms with Crippen molar-refractivity contribution in [3.05, 3.63) is 29.3 Å². The van der Waals surface area contributed by atoms with Crippen LogP contribution >= 0.6 is 0 Å². The summed E-state index contributed by atoms with van der Waals surface area (Å²) in [5, 5.41) is 3.59. The van der Waals surface area contributed by atoms with E-state index in [1.165, 1.54) is 18.4 Å². The Labute approximate surface area is 115 Å². The first-order valence-electron chi connectivity index (χ1n) is 7.10. The molecule has 2 aliphatic rings. The standard InChI is InChI=1S/C15H21NO2S/c1-10(2)11-3-6-15-13(9-11)14(16-12-4-5-12)7-8-19(15,17)18/h3,6,9-10,12,14,16H,4-5,7-8H2,1-2H3. The van der Waals surface area contributed by atoms with Crippen LogP contribution in [0.15, 0.2) is 23.1 Å². The molecule has 1 unspecified atom stereocenters. The van der Waals surface area contributed by atoms with Crippen LogP contribution in [0, 0.1) is 0 Å². The summed E-state index contributed by atoms with van der Waals surface area (Å²) < 4.78 is 24.3. The number of hydrogen-bond acceptors (Lipinski definition) is 3. The van der Waals surface area contributed by atoms with E-state index in [2.05, 4.69) is 25.2 Å². The zero-order valence-electron chi connectivity index (χ0n) is 11.5. The molecule has 1 aromatic carbocycles. The quantitative estimate of drug-likeness (QED) is 0.925. The van der Waals surface area contributed by atoms with Crippen molar-refractivity contribution < 1.29 is 8.42 Å². The van der Waals surface area contributed by atoms with Crippen molar-refractivity contribution in [1.82, 2.24) is 5.32 Å². The first kappa shape index (κ1) is 13.1. The largest absolute Gasteiger partial charge is 0.307 e. The van der Waals surface area contributed by atoms with Crippen molar-refractivity contribution in [2.24, 2.45) is 0 Å². The lowest BCUT2D eigenvalue weighted by Gasteiger charge is -2.27. The van der Waals surface area contributed by atoms with E-state index in [1.807, 2.05) is 6.07 Å². The van der Waals surface area contributed by atoms with E-state index in [4.69, 9.17) is 0 Å². The van der Waals surface area contributed by atoms with E-state index in [0.717, 1.165) is 5.56 Å². The molecule has 0 spiro atoms. The number of sulfone groups is 1. The lowest BCUT2D eigenvalue weighted by Crippen LogP contribution is -2.31. The normalized spacial score (nSPS) is 25.3. The highest BCUT2D eigenvalue weighted by Gasteiger charge is 2.33. The molecular formula is C15H21NO2S. The van der Waals surface area contributed by atoms with Gasteiger partial charge in [0.1, 0.15) is 0 Å². The van der Waals surface area contributed by atoms with Crippen molar-refractivity contribution >= 4 is 9.84 Å². The fourth-order valence-corrected chi connectivity index (χ4v) is 4.33. The van der Waals surface area contributed by atoms with Crippen molar-refractivity contribution in [2.45, 2.75) is 56.0 Å². The van der Waals surface area contributed by atoms with Crippen LogP contribution in [0.4, 0.5) is 0 Å². The molecule has 1 heterocycles. The van der Waals surface area contributed by atoms with Crippen LogP contribution in [0.5, 0.6) is 0 Å². The summed E-state index contributed by atoms with van der Waals surface area (Å²) in [6.45, 7) is 4.28. The maximum Gasteiger partial charge on any atom is 0.178 e. The van der Waals surface area contributed by atoms with E-state index in [-0.39, 0.29) is 11.8 Å². The summed E-state index contributed by atoms with van der Waals surface area (Å²) in [6, 6.07) is 6.67. The molecule has 1 aromatic rings. The van der Waals surface area contributed by atoms with Gasteiger partial charge in [0.25, 0.3) is 0 Å². The Morgan fingerprint density at radius 1 is 1.21 bits per heavy atom. The molecule has 1 fully saturated rings. The summed E-state index contributed by atoms with van der Waals surface area (Å²) in [5.74, 6) is 0.697. The molecule has 0 saturated heterocycles. The minimum Gasteiger partial charge on any atom is -0.307 e. The molecule has 0 aromatic heterocycles. The molecule has 0 bridgehead atoms. The van der Waals surface area contributed by atoms with Gasteiger partial charge in [0.2, 0.25) is 0 Å². The zero-order chi connectivity index (χ0) is 13.6. The van der Waals surface area contributed by atoms with E-state index >= 15 is 0 Å². The fourth-order valence-electron chi connectivity index (χ4n) is 2.73. The van der Waals surface area contributed by atoms with Gasteiger partial charge in [0, 0.05) is 12.1 Å². The smallest absolute Gasteiger partial charge is 0.178 e. The number of fused-ring (bicyclic) bond motifs is 1. The molecule has 4 heteroatoms. The monoisotopic (exact) mass is 279 g/mol. The van der Waals surface area contributed by atoms with Crippen molar-refractivity contribution in [3.8, 4) is 0 Å². The number of nitrogens with one attached hydrogen (secondary N) is 1. The highest BCUT2D eigenvalue weighted by molar-refractivity contribution is 7.91. The molecule has 1 atom stereocenters. The molecular weight excluding hydrogens is 258 g/mol. The van der Waals surface area contributed by atoms with Crippen molar-refractivity contribution in [2.75, 3.05) is 5.75 Å². The predicted molar refractivity (Wildman–Crippen MR) is 76.1 cm³/mol. The highest BCUT2D eigenvalue weighted by atomic mass is 32.2. The summed E-state index contributed by atoms with van der Waals surface area (Å²) >= 11 is 0. The Hall–Kier alpha value is -0.870. The first-order valence-corrected chi connectivity index (χ1v) is 8.75. The van der Waals surface area contributed by atoms with Gasteiger partial charge >= 0.3 is 0 Å². The second kappa shape index (κ2) is 4.60. The van der Waals surface area contributed by atoms with Crippen molar-refractivity contribution in [1.29, 1.82) is 0 Å². The van der Waals surface area contributed by atoms with Crippen LogP contribution in [-0.2, 0) is 9.84 Å². The third-order valence-corrected chi connectivity index (χ3v) is 5.92. The van der Waals surface area contributed by atoms with Gasteiger partial charge in [0.05, 0.1) is 10.6 Å². The lowest BCUT2D eigenvalue weighted by atomic mass is 9.96. The average molecular weight is 279 g/mol. The predicted octanol–water partition coefficient (Wildman–Crippen LogP) is 2.78. The minimum atomic E-state index is -3.07. The third kappa shape index (κ3) is 2.56. The highest BCUT2D eigenvalue weighted by Crippen LogP contribution is 2.36. The number of hydrogen-bond donors (Lipinski definition) is 1. The summed E-state index contributed by atoms with van der Waals surface area (Å²) in [5.41, 5.74) is 2.21. The van der Waals surface area contributed by atoms with Gasteiger partial charge in [-0.25, -0.2) is 8.42 Å². The maximum atomic E-state index is 12.2. The van der Waals surface area contributed by atoms with E-state index < -0.39 is 9.84 Å². The molecule has 104 valence electrons. The summed E-state index contributed by atoms with van der Waals surface area (Å²) in [7, 11) is -3.07. The van der Waals surface area contributed by atoms with Crippen LogP contribution in [0.25, 0.3) is 0 Å². The van der Waals surface area contributed by atoms with Crippen LogP contribution in [0.3, 0.4) is 0 Å². The van der Waals surface area contributed by atoms with Gasteiger partial charge in [-0.1, -0.05) is 26.0 Å². The molecule has 1 N–H and O–H groups in total. The molecule has 1 aliphatic carbocycles. The molecule has 1 saturated carbocycles. The lowest BCUT2D eigenvalue weighted by molar-refractivity contribution is 0.489. The van der Waals surface area contributed by atoms with Crippen LogP contribution in [0.1, 0.15) is 56.2 Å². The Morgan fingerprint density at radius 3 is 2.58 bits per heavy atom. The Morgan fingerprint density at radius 2 is 1.95 bits per heavy atom. The number of benzene rings is 1. The Kier molecular flexibility index (Phi) is 3.18. The molecule has 1 aliphatic heterocycles. The van der Waals surface area contributed by atoms with Crippen LogP contribution < -0.4 is 5.32 Å². The topological polar surface area (TPSA) is 46.2 Å². The van der Waals surface area contributed by atoms with Crippen molar-refractivity contribution in [3.63, 3.8) is 0 Å². The van der Waals surface area contributed by atoms with Gasteiger partial charge in [-0.2, -0.15) is 0 Å². The molecule has 3 nitrogen and oxygen atoms in total.